The van der Waals surface area contributed by atoms with E-state index in [4.69, 9.17) is 21.3 Å². The second-order valence-corrected chi connectivity index (χ2v) is 8.16. The number of hydrogen-bond acceptors (Lipinski definition) is 3. The molecule has 1 amide bonds. The van der Waals surface area contributed by atoms with Crippen LogP contribution in [-0.2, 0) is 6.54 Å². The largest absolute Gasteiger partial charge is 0.497 e. The van der Waals surface area contributed by atoms with Crippen LogP contribution in [0.2, 0.25) is 5.02 Å². The minimum Gasteiger partial charge on any atom is -0.497 e. The molecular formula is C27H26ClN3O2. The number of carbonyl (C=O) groups excluding carboxylic acids is 1. The van der Waals surface area contributed by atoms with Crippen LogP contribution in [0.3, 0.4) is 0 Å². The number of hydrogen-bond donors (Lipinski definition) is 1. The summed E-state index contributed by atoms with van der Waals surface area (Å²) in [6.07, 6.45) is 0. The molecule has 0 radical (unpaired) electrons. The van der Waals surface area contributed by atoms with Crippen LogP contribution in [0.5, 0.6) is 5.75 Å². The van der Waals surface area contributed by atoms with Crippen molar-refractivity contribution in [2.75, 3.05) is 7.11 Å². The summed E-state index contributed by atoms with van der Waals surface area (Å²) in [4.78, 5) is 18.6. The number of imidazole rings is 1. The maximum absolute atomic E-state index is 13.6. The van der Waals surface area contributed by atoms with Crippen molar-refractivity contribution in [2.45, 2.75) is 26.4 Å². The molecule has 0 aliphatic heterocycles. The number of carbonyl (C=O) groups is 1. The van der Waals surface area contributed by atoms with Crippen molar-refractivity contribution >= 4 is 17.5 Å². The van der Waals surface area contributed by atoms with Gasteiger partial charge >= 0.3 is 0 Å². The van der Waals surface area contributed by atoms with E-state index in [-0.39, 0.29) is 11.9 Å². The first-order valence-electron chi connectivity index (χ1n) is 10.9. The predicted molar refractivity (Wildman–Crippen MR) is 133 cm³/mol. The van der Waals surface area contributed by atoms with Gasteiger partial charge in [0, 0.05) is 22.7 Å². The number of nitrogens with zero attached hydrogens (tertiary/aromatic N) is 2. The van der Waals surface area contributed by atoms with Gasteiger partial charge in [0.25, 0.3) is 5.91 Å². The normalized spacial score (nSPS) is 11.8. The minimum absolute atomic E-state index is 0.188. The quantitative estimate of drug-likeness (QED) is 0.348. The summed E-state index contributed by atoms with van der Waals surface area (Å²) in [5.41, 5.74) is 3.89. The van der Waals surface area contributed by atoms with Crippen molar-refractivity contribution in [1.82, 2.24) is 14.9 Å². The number of benzene rings is 3. The van der Waals surface area contributed by atoms with E-state index in [0.29, 0.717) is 28.7 Å². The summed E-state index contributed by atoms with van der Waals surface area (Å²) >= 11 is 6.02. The van der Waals surface area contributed by atoms with Crippen LogP contribution >= 0.6 is 11.6 Å². The van der Waals surface area contributed by atoms with Crippen molar-refractivity contribution < 1.29 is 9.53 Å². The Labute approximate surface area is 199 Å². The molecule has 6 heteroatoms. The summed E-state index contributed by atoms with van der Waals surface area (Å²) < 4.78 is 7.38. The van der Waals surface area contributed by atoms with Gasteiger partial charge in [0.2, 0.25) is 0 Å². The van der Waals surface area contributed by atoms with Gasteiger partial charge in [-0.05, 0) is 43.7 Å². The van der Waals surface area contributed by atoms with E-state index in [1.807, 2.05) is 97.3 Å². The first-order chi connectivity index (χ1) is 16.0. The van der Waals surface area contributed by atoms with Crippen LogP contribution in [0.4, 0.5) is 0 Å². The summed E-state index contributed by atoms with van der Waals surface area (Å²) in [5.74, 6) is 1.27. The molecule has 4 aromatic rings. The molecule has 1 aromatic heterocycles. The Kier molecular flexibility index (Phi) is 6.80. The number of amides is 1. The molecule has 0 spiro atoms. The van der Waals surface area contributed by atoms with E-state index in [9.17, 15) is 4.79 Å². The lowest BCUT2D eigenvalue weighted by Crippen LogP contribution is -2.29. The second kappa shape index (κ2) is 9.92. The van der Waals surface area contributed by atoms with Crippen molar-refractivity contribution in [2.24, 2.45) is 0 Å². The lowest BCUT2D eigenvalue weighted by molar-refractivity contribution is 0.0931. The third kappa shape index (κ3) is 4.78. The zero-order valence-corrected chi connectivity index (χ0v) is 19.6. The van der Waals surface area contributed by atoms with Crippen LogP contribution < -0.4 is 10.1 Å². The number of ether oxygens (including phenoxy) is 1. The Morgan fingerprint density at radius 1 is 1.03 bits per heavy atom. The Balaban J connectivity index is 1.81. The third-order valence-corrected chi connectivity index (χ3v) is 5.84. The van der Waals surface area contributed by atoms with Crippen LogP contribution in [0.15, 0.2) is 78.9 Å². The van der Waals surface area contributed by atoms with Gasteiger partial charge in [0.15, 0.2) is 0 Å². The molecule has 1 heterocycles. The van der Waals surface area contributed by atoms with Gasteiger partial charge in [-0.25, -0.2) is 4.98 Å². The minimum atomic E-state index is -0.201. The van der Waals surface area contributed by atoms with Gasteiger partial charge in [-0.3, -0.25) is 4.79 Å². The SMILES string of the molecule is CCn1c(-c2ccccc2)nc(-c2cccc(OC)c2)c1C(=O)NC(C)c1ccc(Cl)cc1. The molecule has 3 aromatic carbocycles. The Morgan fingerprint density at radius 3 is 2.39 bits per heavy atom. The highest BCUT2D eigenvalue weighted by Crippen LogP contribution is 2.32. The number of halogens is 1. The molecule has 4 rings (SSSR count). The van der Waals surface area contributed by atoms with E-state index in [1.165, 1.54) is 0 Å². The highest BCUT2D eigenvalue weighted by Gasteiger charge is 2.25. The first kappa shape index (κ1) is 22.6. The molecule has 1 unspecified atom stereocenters. The predicted octanol–water partition coefficient (Wildman–Crippen LogP) is 6.39. The maximum atomic E-state index is 13.6. The molecule has 0 saturated heterocycles. The van der Waals surface area contributed by atoms with Gasteiger partial charge in [-0.1, -0.05) is 66.2 Å². The Morgan fingerprint density at radius 2 is 1.73 bits per heavy atom. The lowest BCUT2D eigenvalue weighted by atomic mass is 10.1. The second-order valence-electron chi connectivity index (χ2n) is 7.72. The topological polar surface area (TPSA) is 56.2 Å². The zero-order chi connectivity index (χ0) is 23.4. The summed E-state index contributed by atoms with van der Waals surface area (Å²) in [7, 11) is 1.63. The molecular weight excluding hydrogens is 434 g/mol. The van der Waals surface area contributed by atoms with E-state index >= 15 is 0 Å². The summed E-state index contributed by atoms with van der Waals surface area (Å²) in [6, 6.07) is 24.8. The maximum Gasteiger partial charge on any atom is 0.270 e. The molecule has 1 atom stereocenters. The van der Waals surface area contributed by atoms with Crippen molar-refractivity contribution in [3.63, 3.8) is 0 Å². The van der Waals surface area contributed by atoms with Crippen LogP contribution in [0.25, 0.3) is 22.6 Å². The van der Waals surface area contributed by atoms with Gasteiger partial charge in [-0.15, -0.1) is 0 Å². The first-order valence-corrected chi connectivity index (χ1v) is 11.3. The molecule has 0 aliphatic carbocycles. The molecule has 168 valence electrons. The Hall–Kier alpha value is -3.57. The van der Waals surface area contributed by atoms with Crippen molar-refractivity contribution in [3.05, 3.63) is 95.1 Å². The molecule has 1 N–H and O–H groups in total. The summed E-state index contributed by atoms with van der Waals surface area (Å²) in [5, 5.41) is 3.80. The summed E-state index contributed by atoms with van der Waals surface area (Å²) in [6.45, 7) is 4.57. The van der Waals surface area contributed by atoms with Gasteiger partial charge in [0.05, 0.1) is 13.2 Å². The lowest BCUT2D eigenvalue weighted by Gasteiger charge is -2.17. The van der Waals surface area contributed by atoms with E-state index in [0.717, 1.165) is 22.5 Å². The number of rotatable bonds is 7. The van der Waals surface area contributed by atoms with Crippen molar-refractivity contribution in [1.29, 1.82) is 0 Å². The number of nitrogens with one attached hydrogen (secondary N) is 1. The van der Waals surface area contributed by atoms with Gasteiger partial charge < -0.3 is 14.6 Å². The fourth-order valence-corrected chi connectivity index (χ4v) is 4.00. The van der Waals surface area contributed by atoms with Crippen molar-refractivity contribution in [3.8, 4) is 28.4 Å². The highest BCUT2D eigenvalue weighted by molar-refractivity contribution is 6.30. The molecule has 5 nitrogen and oxygen atoms in total. The monoisotopic (exact) mass is 459 g/mol. The molecule has 0 saturated carbocycles. The molecule has 0 fully saturated rings. The smallest absolute Gasteiger partial charge is 0.270 e. The average molecular weight is 460 g/mol. The van der Waals surface area contributed by atoms with E-state index in [1.54, 1.807) is 7.11 Å². The number of aromatic nitrogens is 2. The van der Waals surface area contributed by atoms with E-state index < -0.39 is 0 Å². The number of methoxy groups -OCH3 is 1. The molecule has 0 bridgehead atoms. The van der Waals surface area contributed by atoms with Gasteiger partial charge in [0.1, 0.15) is 23.0 Å². The standard InChI is InChI=1S/C27H26ClN3O2/c1-4-31-25(27(32)29-18(2)19-13-15-22(28)16-14-19)24(21-11-8-12-23(17-21)33-3)30-26(31)20-9-6-5-7-10-20/h5-18H,4H2,1-3H3,(H,29,32). The van der Waals surface area contributed by atoms with Crippen LogP contribution in [0.1, 0.15) is 35.9 Å². The fourth-order valence-electron chi connectivity index (χ4n) is 3.87. The zero-order valence-electron chi connectivity index (χ0n) is 18.9. The average Bonchev–Trinajstić information content (AvgIpc) is 3.25. The highest BCUT2D eigenvalue weighted by atomic mass is 35.5. The fraction of sp³-hybridized carbons (Fsp3) is 0.185. The Bertz CT molecular complexity index is 1250. The molecule has 33 heavy (non-hydrogen) atoms. The molecule has 0 aliphatic rings. The van der Waals surface area contributed by atoms with Gasteiger partial charge in [-0.2, -0.15) is 0 Å². The third-order valence-electron chi connectivity index (χ3n) is 5.59. The van der Waals surface area contributed by atoms with Crippen LogP contribution in [0, 0.1) is 0 Å². The van der Waals surface area contributed by atoms with E-state index in [2.05, 4.69) is 5.32 Å². The van der Waals surface area contributed by atoms with Crippen LogP contribution in [-0.4, -0.2) is 22.6 Å².